The highest BCUT2D eigenvalue weighted by Crippen LogP contribution is 2.17. The van der Waals surface area contributed by atoms with E-state index in [1.165, 1.54) is 11.3 Å². The van der Waals surface area contributed by atoms with Crippen LogP contribution in [0.2, 0.25) is 0 Å². The number of rotatable bonds is 5. The van der Waals surface area contributed by atoms with E-state index in [1.54, 1.807) is 18.0 Å². The van der Waals surface area contributed by atoms with Crippen LogP contribution >= 0.6 is 11.3 Å². The summed E-state index contributed by atoms with van der Waals surface area (Å²) in [6.45, 7) is 4.78. The van der Waals surface area contributed by atoms with Crippen molar-refractivity contribution in [1.29, 1.82) is 0 Å². The van der Waals surface area contributed by atoms with Crippen LogP contribution in [0.4, 0.5) is 0 Å². The molecule has 1 aromatic heterocycles. The quantitative estimate of drug-likeness (QED) is 0.834. The molecule has 5 heteroatoms. The first-order valence-corrected chi connectivity index (χ1v) is 6.98. The monoisotopic (exact) mass is 281 g/mol. The molecule has 0 saturated carbocycles. The molecule has 0 aromatic carbocycles. The third-order valence-corrected chi connectivity index (χ3v) is 3.29. The first kappa shape index (κ1) is 15.7. The van der Waals surface area contributed by atoms with Gasteiger partial charge in [0.15, 0.2) is 0 Å². The Morgan fingerprint density at radius 3 is 2.95 bits per heavy atom. The molecular weight excluding hydrogens is 262 g/mol. The topological polar surface area (TPSA) is 49.8 Å². The number of ether oxygens (including phenoxy) is 1. The molecule has 0 aliphatic carbocycles. The van der Waals surface area contributed by atoms with Crippen LogP contribution in [0.1, 0.15) is 29.1 Å². The molecule has 4 nitrogen and oxygen atoms in total. The Balaban J connectivity index is 2.64. The molecule has 104 valence electrons. The molecular formula is C14H19NO3S. The van der Waals surface area contributed by atoms with Crippen molar-refractivity contribution >= 4 is 17.2 Å². The number of carbonyl (C=O) groups is 1. The fraction of sp³-hybridized carbons (Fsp3) is 0.500. The molecule has 0 saturated heterocycles. The lowest BCUT2D eigenvalue weighted by molar-refractivity contribution is 0.0534. The van der Waals surface area contributed by atoms with E-state index >= 15 is 0 Å². The van der Waals surface area contributed by atoms with E-state index in [0.29, 0.717) is 23.6 Å². The van der Waals surface area contributed by atoms with Gasteiger partial charge in [0.05, 0.1) is 12.7 Å². The van der Waals surface area contributed by atoms with Crippen molar-refractivity contribution in [2.24, 2.45) is 0 Å². The fourth-order valence-corrected chi connectivity index (χ4v) is 2.25. The van der Waals surface area contributed by atoms with E-state index in [0.717, 1.165) is 0 Å². The largest absolute Gasteiger partial charge is 0.384 e. The fourth-order valence-electron chi connectivity index (χ4n) is 1.41. The van der Waals surface area contributed by atoms with Crippen LogP contribution in [0.5, 0.6) is 0 Å². The summed E-state index contributed by atoms with van der Waals surface area (Å²) in [5, 5.41) is 10.5. The number of hydrogen-bond acceptors (Lipinski definition) is 4. The Kier molecular flexibility index (Phi) is 6.57. The Bertz CT molecular complexity index is 471. The van der Waals surface area contributed by atoms with E-state index in [-0.39, 0.29) is 18.6 Å². The number of nitrogens with zero attached hydrogens (tertiary/aromatic N) is 1. The smallest absolute Gasteiger partial charge is 0.265 e. The normalized spacial score (nSPS) is 10.2. The molecule has 0 aliphatic heterocycles. The van der Waals surface area contributed by atoms with Crippen molar-refractivity contribution in [1.82, 2.24) is 4.90 Å². The first-order valence-electron chi connectivity index (χ1n) is 6.10. The lowest BCUT2D eigenvalue weighted by atomic mass is 10.2. The zero-order chi connectivity index (χ0) is 14.3. The molecule has 1 amide bonds. The summed E-state index contributed by atoms with van der Waals surface area (Å²) in [7, 11) is 1.75. The van der Waals surface area contributed by atoms with Gasteiger partial charge in [-0.05, 0) is 25.3 Å². The molecule has 0 fully saturated rings. The number of aliphatic hydroxyl groups is 1. The van der Waals surface area contributed by atoms with Crippen LogP contribution in [-0.2, 0) is 4.74 Å². The highest BCUT2D eigenvalue weighted by atomic mass is 32.1. The first-order chi connectivity index (χ1) is 9.06. The highest BCUT2D eigenvalue weighted by molar-refractivity contribution is 7.12. The van der Waals surface area contributed by atoms with E-state index in [4.69, 9.17) is 9.84 Å². The molecule has 0 unspecified atom stereocenters. The zero-order valence-corrected chi connectivity index (χ0v) is 12.3. The van der Waals surface area contributed by atoms with Gasteiger partial charge in [0.1, 0.15) is 11.5 Å². The van der Waals surface area contributed by atoms with Gasteiger partial charge in [-0.3, -0.25) is 4.79 Å². The molecule has 0 radical (unpaired) electrons. The Morgan fingerprint density at radius 2 is 2.32 bits per heavy atom. The maximum Gasteiger partial charge on any atom is 0.265 e. The van der Waals surface area contributed by atoms with E-state index < -0.39 is 0 Å². The lowest BCUT2D eigenvalue weighted by Crippen LogP contribution is -2.30. The zero-order valence-electron chi connectivity index (χ0n) is 11.5. The van der Waals surface area contributed by atoms with Crippen LogP contribution in [0, 0.1) is 11.8 Å². The van der Waals surface area contributed by atoms with Gasteiger partial charge in [0.25, 0.3) is 5.91 Å². The van der Waals surface area contributed by atoms with Gasteiger partial charge in [-0.25, -0.2) is 0 Å². The van der Waals surface area contributed by atoms with Crippen molar-refractivity contribution in [2.75, 3.05) is 26.8 Å². The minimum atomic E-state index is -0.207. The number of amides is 1. The predicted octanol–water partition coefficient (Wildman–Crippen LogP) is 1.59. The number of thiophene rings is 1. The minimum Gasteiger partial charge on any atom is -0.384 e. The van der Waals surface area contributed by atoms with Crippen LogP contribution in [0.25, 0.3) is 0 Å². The Labute approximate surface area is 118 Å². The van der Waals surface area contributed by atoms with Crippen molar-refractivity contribution < 1.29 is 14.6 Å². The summed E-state index contributed by atoms with van der Waals surface area (Å²) in [6.07, 6.45) is 0.163. The molecule has 1 N–H and O–H groups in total. The van der Waals surface area contributed by atoms with Gasteiger partial charge in [-0.2, -0.15) is 0 Å². The van der Waals surface area contributed by atoms with Gasteiger partial charge in [-0.15, -0.1) is 11.3 Å². The third-order valence-electron chi connectivity index (χ3n) is 2.39. The second kappa shape index (κ2) is 7.95. The summed E-state index contributed by atoms with van der Waals surface area (Å²) >= 11 is 1.36. The van der Waals surface area contributed by atoms with Crippen molar-refractivity contribution in [3.63, 3.8) is 0 Å². The Hall–Kier alpha value is -1.35. The molecule has 1 rings (SSSR count). The van der Waals surface area contributed by atoms with Crippen molar-refractivity contribution in [3.05, 3.63) is 21.9 Å². The SMILES string of the molecule is CC(C)OCCN(C)C(=O)c1sccc1C#CCO. The minimum absolute atomic E-state index is 0.0652. The molecule has 0 aliphatic rings. The maximum absolute atomic E-state index is 12.2. The maximum atomic E-state index is 12.2. The van der Waals surface area contributed by atoms with Gasteiger partial charge < -0.3 is 14.7 Å². The van der Waals surface area contributed by atoms with Gasteiger partial charge in [-0.1, -0.05) is 11.8 Å². The van der Waals surface area contributed by atoms with Crippen LogP contribution < -0.4 is 0 Å². The number of likely N-dealkylation sites (N-methyl/N-ethyl adjacent to an activating group) is 1. The van der Waals surface area contributed by atoms with Crippen LogP contribution in [0.3, 0.4) is 0 Å². The molecule has 0 bridgehead atoms. The number of carbonyl (C=O) groups excluding carboxylic acids is 1. The van der Waals surface area contributed by atoms with Crippen molar-refractivity contribution in [3.8, 4) is 11.8 Å². The van der Waals surface area contributed by atoms with Gasteiger partial charge in [0.2, 0.25) is 0 Å². The van der Waals surface area contributed by atoms with Crippen LogP contribution in [-0.4, -0.2) is 48.8 Å². The van der Waals surface area contributed by atoms with Crippen molar-refractivity contribution in [2.45, 2.75) is 20.0 Å². The number of aliphatic hydroxyl groups excluding tert-OH is 1. The molecule has 19 heavy (non-hydrogen) atoms. The average molecular weight is 281 g/mol. The highest BCUT2D eigenvalue weighted by Gasteiger charge is 2.16. The average Bonchev–Trinajstić information content (AvgIpc) is 2.82. The second-order valence-corrected chi connectivity index (χ2v) is 5.19. The molecule has 1 heterocycles. The van der Waals surface area contributed by atoms with Gasteiger partial charge in [0, 0.05) is 19.2 Å². The number of hydrogen-bond donors (Lipinski definition) is 1. The predicted molar refractivity (Wildman–Crippen MR) is 76.3 cm³/mol. The van der Waals surface area contributed by atoms with E-state index in [1.807, 2.05) is 19.2 Å². The summed E-state index contributed by atoms with van der Waals surface area (Å²) in [5.74, 6) is 5.28. The summed E-state index contributed by atoms with van der Waals surface area (Å²) in [4.78, 5) is 14.4. The van der Waals surface area contributed by atoms with Gasteiger partial charge >= 0.3 is 0 Å². The third kappa shape index (κ3) is 5.03. The van der Waals surface area contributed by atoms with E-state index in [9.17, 15) is 4.79 Å². The summed E-state index contributed by atoms with van der Waals surface area (Å²) in [6, 6.07) is 1.79. The lowest BCUT2D eigenvalue weighted by Gasteiger charge is -2.17. The molecule has 1 aromatic rings. The molecule has 0 spiro atoms. The molecule has 0 atom stereocenters. The van der Waals surface area contributed by atoms with Crippen LogP contribution in [0.15, 0.2) is 11.4 Å². The standard InChI is InChI=1S/C14H19NO3S/c1-11(2)18-9-7-15(3)14(17)13-12(5-4-8-16)6-10-19-13/h6,10-11,16H,7-9H2,1-3H3. The summed E-state index contributed by atoms with van der Waals surface area (Å²) < 4.78 is 5.42. The summed E-state index contributed by atoms with van der Waals surface area (Å²) in [5.41, 5.74) is 0.667. The Morgan fingerprint density at radius 1 is 1.58 bits per heavy atom. The van der Waals surface area contributed by atoms with E-state index in [2.05, 4.69) is 11.8 Å². The second-order valence-electron chi connectivity index (χ2n) is 4.27.